The number of nitrogen functional groups attached to an aromatic ring is 1. The largest absolute Gasteiger partial charge is 0.397 e. The van der Waals surface area contributed by atoms with Crippen molar-refractivity contribution in [2.75, 3.05) is 12.3 Å². The minimum absolute atomic E-state index is 0.157. The Morgan fingerprint density at radius 1 is 1.71 bits per heavy atom. The maximum Gasteiger partial charge on any atom is 0.0880 e. The minimum Gasteiger partial charge on any atom is -0.397 e. The van der Waals surface area contributed by atoms with Gasteiger partial charge in [0.25, 0.3) is 0 Å². The van der Waals surface area contributed by atoms with E-state index < -0.39 is 0 Å². The molecule has 0 radical (unpaired) electrons. The van der Waals surface area contributed by atoms with Crippen LogP contribution in [-0.2, 0) is 0 Å². The Labute approximate surface area is 81.6 Å². The molecule has 5 heteroatoms. The molecule has 0 aliphatic carbocycles. The SMILES string of the molecule is Cc1ncc(N)cc1C#CCN=[N+]=[N-]. The third-order valence-electron chi connectivity index (χ3n) is 1.54. The molecule has 5 nitrogen and oxygen atoms in total. The molecule has 14 heavy (non-hydrogen) atoms. The van der Waals surface area contributed by atoms with Crippen LogP contribution in [0.5, 0.6) is 0 Å². The van der Waals surface area contributed by atoms with E-state index in [-0.39, 0.29) is 6.54 Å². The molecule has 0 aliphatic heterocycles. The fraction of sp³-hybridized carbons (Fsp3) is 0.222. The van der Waals surface area contributed by atoms with Gasteiger partial charge in [0.1, 0.15) is 0 Å². The third kappa shape index (κ3) is 2.70. The van der Waals surface area contributed by atoms with Crippen molar-refractivity contribution in [3.63, 3.8) is 0 Å². The number of pyridine rings is 1. The lowest BCUT2D eigenvalue weighted by molar-refractivity contribution is 1.19. The van der Waals surface area contributed by atoms with E-state index >= 15 is 0 Å². The Balaban J connectivity index is 2.88. The number of aromatic nitrogens is 1. The van der Waals surface area contributed by atoms with Crippen molar-refractivity contribution in [3.05, 3.63) is 34.0 Å². The van der Waals surface area contributed by atoms with Gasteiger partial charge in [-0.3, -0.25) is 4.98 Å². The number of azide groups is 1. The van der Waals surface area contributed by atoms with Gasteiger partial charge in [0.2, 0.25) is 0 Å². The lowest BCUT2D eigenvalue weighted by atomic mass is 10.2. The van der Waals surface area contributed by atoms with Crippen LogP contribution in [0, 0.1) is 18.8 Å². The molecule has 0 amide bonds. The quantitative estimate of drug-likeness (QED) is 0.313. The van der Waals surface area contributed by atoms with Gasteiger partial charge in [0.05, 0.1) is 24.1 Å². The molecule has 1 rings (SSSR count). The summed E-state index contributed by atoms with van der Waals surface area (Å²) in [4.78, 5) is 6.64. The number of aryl methyl sites for hydroxylation is 1. The second kappa shape index (κ2) is 4.75. The first-order chi connectivity index (χ1) is 6.74. The molecule has 0 unspecified atom stereocenters. The molecule has 0 spiro atoms. The third-order valence-corrected chi connectivity index (χ3v) is 1.54. The van der Waals surface area contributed by atoms with Crippen molar-refractivity contribution in [2.24, 2.45) is 5.11 Å². The van der Waals surface area contributed by atoms with E-state index in [1.165, 1.54) is 0 Å². The first kappa shape index (κ1) is 9.90. The number of hydrogen-bond acceptors (Lipinski definition) is 3. The fourth-order valence-electron chi connectivity index (χ4n) is 0.878. The predicted molar refractivity (Wildman–Crippen MR) is 54.3 cm³/mol. The first-order valence-electron chi connectivity index (χ1n) is 3.96. The van der Waals surface area contributed by atoms with E-state index in [4.69, 9.17) is 11.3 Å². The van der Waals surface area contributed by atoms with Gasteiger partial charge < -0.3 is 5.73 Å². The molecular weight excluding hydrogens is 178 g/mol. The van der Waals surface area contributed by atoms with Gasteiger partial charge in [-0.1, -0.05) is 17.0 Å². The van der Waals surface area contributed by atoms with Crippen molar-refractivity contribution >= 4 is 5.69 Å². The second-order valence-corrected chi connectivity index (χ2v) is 2.59. The zero-order valence-electron chi connectivity index (χ0n) is 7.73. The van der Waals surface area contributed by atoms with Crippen molar-refractivity contribution < 1.29 is 0 Å². The number of anilines is 1. The summed E-state index contributed by atoms with van der Waals surface area (Å²) < 4.78 is 0. The van der Waals surface area contributed by atoms with E-state index in [1.54, 1.807) is 12.3 Å². The Bertz CT molecular complexity index is 434. The number of rotatable bonds is 1. The molecule has 0 saturated carbocycles. The maximum atomic E-state index is 8.02. The summed E-state index contributed by atoms with van der Waals surface area (Å²) in [6.45, 7) is 2.00. The summed E-state index contributed by atoms with van der Waals surface area (Å²) in [6, 6.07) is 1.74. The van der Waals surface area contributed by atoms with Crippen LogP contribution in [-0.4, -0.2) is 11.5 Å². The highest BCUT2D eigenvalue weighted by molar-refractivity contribution is 5.47. The van der Waals surface area contributed by atoms with Gasteiger partial charge in [0, 0.05) is 10.5 Å². The number of nitrogens with two attached hydrogens (primary N) is 1. The van der Waals surface area contributed by atoms with Gasteiger partial charge in [-0.2, -0.15) is 0 Å². The topological polar surface area (TPSA) is 87.7 Å². The molecule has 0 atom stereocenters. The molecule has 1 heterocycles. The normalized spacial score (nSPS) is 8.36. The Morgan fingerprint density at radius 2 is 2.50 bits per heavy atom. The van der Waals surface area contributed by atoms with Crippen LogP contribution in [0.1, 0.15) is 11.3 Å². The molecule has 0 saturated heterocycles. The standard InChI is InChI=1S/C9H9N5/c1-7-8(3-2-4-13-14-11)5-9(10)6-12-7/h5-6H,4,10H2,1H3. The average Bonchev–Trinajstić information content (AvgIpc) is 2.18. The van der Waals surface area contributed by atoms with Crippen LogP contribution < -0.4 is 5.73 Å². The molecule has 0 bridgehead atoms. The van der Waals surface area contributed by atoms with Crippen LogP contribution in [0.25, 0.3) is 10.4 Å². The van der Waals surface area contributed by atoms with Crippen LogP contribution in [0.2, 0.25) is 0 Å². The smallest absolute Gasteiger partial charge is 0.0880 e. The summed E-state index contributed by atoms with van der Waals surface area (Å²) in [6.07, 6.45) is 1.58. The van der Waals surface area contributed by atoms with E-state index in [2.05, 4.69) is 26.9 Å². The molecule has 1 aromatic rings. The Hall–Kier alpha value is -2.18. The Kier molecular flexibility index (Phi) is 3.36. The first-order valence-corrected chi connectivity index (χ1v) is 3.96. The lowest BCUT2D eigenvalue weighted by Crippen LogP contribution is -1.92. The van der Waals surface area contributed by atoms with Crippen molar-refractivity contribution in [2.45, 2.75) is 6.92 Å². The van der Waals surface area contributed by atoms with E-state index in [0.717, 1.165) is 11.3 Å². The molecule has 0 aromatic carbocycles. The van der Waals surface area contributed by atoms with E-state index in [0.29, 0.717) is 5.69 Å². The van der Waals surface area contributed by atoms with Crippen molar-refractivity contribution in [1.82, 2.24) is 4.98 Å². The van der Waals surface area contributed by atoms with E-state index in [1.807, 2.05) is 6.92 Å². The van der Waals surface area contributed by atoms with Crippen LogP contribution in [0.3, 0.4) is 0 Å². The summed E-state index contributed by atoms with van der Waals surface area (Å²) in [5.74, 6) is 5.54. The zero-order valence-corrected chi connectivity index (χ0v) is 7.73. The highest BCUT2D eigenvalue weighted by Gasteiger charge is 1.95. The molecule has 0 fully saturated rings. The fourth-order valence-corrected chi connectivity index (χ4v) is 0.878. The number of nitrogens with zero attached hydrogens (tertiary/aromatic N) is 4. The van der Waals surface area contributed by atoms with Crippen LogP contribution >= 0.6 is 0 Å². The van der Waals surface area contributed by atoms with E-state index in [9.17, 15) is 0 Å². The number of hydrogen-bond donors (Lipinski definition) is 1. The lowest BCUT2D eigenvalue weighted by Gasteiger charge is -1.97. The average molecular weight is 187 g/mol. The predicted octanol–water partition coefficient (Wildman–Crippen LogP) is 1.63. The molecule has 1 aromatic heterocycles. The zero-order chi connectivity index (χ0) is 10.4. The molecular formula is C9H9N5. The highest BCUT2D eigenvalue weighted by Crippen LogP contribution is 2.07. The van der Waals surface area contributed by atoms with Crippen LogP contribution in [0.4, 0.5) is 5.69 Å². The Morgan fingerprint density at radius 3 is 3.21 bits per heavy atom. The van der Waals surface area contributed by atoms with Crippen molar-refractivity contribution in [3.8, 4) is 11.8 Å². The summed E-state index contributed by atoms with van der Waals surface area (Å²) in [5.41, 5.74) is 15.7. The summed E-state index contributed by atoms with van der Waals surface area (Å²) >= 11 is 0. The van der Waals surface area contributed by atoms with Gasteiger partial charge >= 0.3 is 0 Å². The second-order valence-electron chi connectivity index (χ2n) is 2.59. The van der Waals surface area contributed by atoms with Crippen LogP contribution in [0.15, 0.2) is 17.4 Å². The monoisotopic (exact) mass is 187 g/mol. The molecule has 0 aliphatic rings. The molecule has 70 valence electrons. The van der Waals surface area contributed by atoms with Gasteiger partial charge in [-0.25, -0.2) is 0 Å². The van der Waals surface area contributed by atoms with Gasteiger partial charge in [-0.05, 0) is 18.5 Å². The molecule has 2 N–H and O–H groups in total. The highest BCUT2D eigenvalue weighted by atomic mass is 15.1. The summed E-state index contributed by atoms with van der Waals surface area (Å²) in [5, 5.41) is 3.29. The van der Waals surface area contributed by atoms with Gasteiger partial charge in [0.15, 0.2) is 0 Å². The maximum absolute atomic E-state index is 8.02. The minimum atomic E-state index is 0.157. The van der Waals surface area contributed by atoms with Crippen molar-refractivity contribution in [1.29, 1.82) is 0 Å². The summed E-state index contributed by atoms with van der Waals surface area (Å²) in [7, 11) is 0. The van der Waals surface area contributed by atoms with Gasteiger partial charge in [-0.15, -0.1) is 0 Å².